The molecule has 1 aliphatic heterocycles. The first-order valence-corrected chi connectivity index (χ1v) is 7.88. The van der Waals surface area contributed by atoms with Gasteiger partial charge in [-0.3, -0.25) is 4.90 Å². The summed E-state index contributed by atoms with van der Waals surface area (Å²) in [5, 5.41) is 3.39. The van der Waals surface area contributed by atoms with Crippen LogP contribution in [0.15, 0.2) is 16.5 Å². The van der Waals surface area contributed by atoms with Gasteiger partial charge in [0.05, 0.1) is 13.1 Å². The molecule has 0 radical (unpaired) electrons. The van der Waals surface area contributed by atoms with Crippen molar-refractivity contribution < 1.29 is 4.42 Å². The largest absolute Gasteiger partial charge is 0.463 e. The first kappa shape index (κ1) is 15.6. The third-order valence-electron chi connectivity index (χ3n) is 4.28. The molecule has 0 aliphatic carbocycles. The average molecular weight is 278 g/mol. The van der Waals surface area contributed by atoms with Crippen molar-refractivity contribution in [2.45, 2.75) is 60.2 Å². The zero-order valence-corrected chi connectivity index (χ0v) is 13.7. The Morgan fingerprint density at radius 3 is 2.60 bits per heavy atom. The van der Waals surface area contributed by atoms with Gasteiger partial charge in [-0.25, -0.2) is 0 Å². The molecule has 1 fully saturated rings. The van der Waals surface area contributed by atoms with Gasteiger partial charge in [0.25, 0.3) is 0 Å². The Labute approximate surface area is 123 Å². The lowest BCUT2D eigenvalue weighted by molar-refractivity contribution is 0.218. The Hall–Kier alpha value is -0.800. The highest BCUT2D eigenvalue weighted by Crippen LogP contribution is 2.34. The minimum Gasteiger partial charge on any atom is -0.463 e. The van der Waals surface area contributed by atoms with E-state index in [0.29, 0.717) is 11.5 Å². The monoisotopic (exact) mass is 278 g/mol. The molecule has 0 spiro atoms. The fraction of sp³-hybridized carbons (Fsp3) is 0.765. The number of hydrogen-bond donors (Lipinski definition) is 1. The molecular formula is C17H30N2O. The van der Waals surface area contributed by atoms with Gasteiger partial charge in [-0.15, -0.1) is 0 Å². The van der Waals surface area contributed by atoms with E-state index in [1.165, 1.54) is 19.5 Å². The van der Waals surface area contributed by atoms with Gasteiger partial charge in [0.1, 0.15) is 11.5 Å². The van der Waals surface area contributed by atoms with E-state index in [4.69, 9.17) is 4.42 Å². The van der Waals surface area contributed by atoms with Crippen molar-refractivity contribution in [3.05, 3.63) is 23.7 Å². The van der Waals surface area contributed by atoms with Crippen LogP contribution in [0.3, 0.4) is 0 Å². The highest BCUT2D eigenvalue weighted by atomic mass is 16.3. The number of hydrogen-bond acceptors (Lipinski definition) is 3. The van der Waals surface area contributed by atoms with Crippen LogP contribution >= 0.6 is 0 Å². The summed E-state index contributed by atoms with van der Waals surface area (Å²) in [7, 11) is 0. The van der Waals surface area contributed by atoms with E-state index < -0.39 is 0 Å². The number of nitrogens with zero attached hydrogens (tertiary/aromatic N) is 1. The van der Waals surface area contributed by atoms with Gasteiger partial charge in [0, 0.05) is 12.6 Å². The second kappa shape index (κ2) is 6.31. The lowest BCUT2D eigenvalue weighted by Gasteiger charge is -2.26. The first-order chi connectivity index (χ1) is 9.34. The van der Waals surface area contributed by atoms with Gasteiger partial charge in [-0.05, 0) is 36.4 Å². The van der Waals surface area contributed by atoms with Crippen LogP contribution in [0.4, 0.5) is 0 Å². The topological polar surface area (TPSA) is 28.4 Å². The van der Waals surface area contributed by atoms with Crippen molar-refractivity contribution in [3.8, 4) is 0 Å². The minimum absolute atomic E-state index is 0.421. The second-order valence-corrected chi connectivity index (χ2v) is 7.49. The standard InChI is InChI=1S/C17H30N2O/c1-13(2)18-10-15-6-7-16(20-15)12-19-9-8-14(11-19)17(3,4)5/h6-7,13-14,18H,8-12H2,1-5H3. The van der Waals surface area contributed by atoms with Crippen LogP contribution in [-0.2, 0) is 13.1 Å². The number of nitrogens with one attached hydrogen (secondary N) is 1. The van der Waals surface area contributed by atoms with Crippen LogP contribution in [0.1, 0.15) is 52.6 Å². The molecule has 1 saturated heterocycles. The van der Waals surface area contributed by atoms with E-state index in [1.807, 2.05) is 0 Å². The summed E-state index contributed by atoms with van der Waals surface area (Å²) in [6.07, 6.45) is 1.31. The van der Waals surface area contributed by atoms with Crippen LogP contribution < -0.4 is 5.32 Å². The second-order valence-electron chi connectivity index (χ2n) is 7.49. The van der Waals surface area contributed by atoms with Crippen LogP contribution in [0.25, 0.3) is 0 Å². The lowest BCUT2D eigenvalue weighted by Crippen LogP contribution is -2.25. The molecule has 1 unspecified atom stereocenters. The van der Waals surface area contributed by atoms with Gasteiger partial charge in [0.15, 0.2) is 0 Å². The summed E-state index contributed by atoms with van der Waals surface area (Å²) >= 11 is 0. The SMILES string of the molecule is CC(C)NCc1ccc(CN2CCC(C(C)(C)C)C2)o1. The van der Waals surface area contributed by atoms with Gasteiger partial charge in [-0.2, -0.15) is 0 Å². The van der Waals surface area contributed by atoms with E-state index in [2.05, 4.69) is 57.0 Å². The molecule has 0 amide bonds. The molecule has 1 atom stereocenters. The summed E-state index contributed by atoms with van der Waals surface area (Å²) in [6, 6.07) is 4.72. The Kier molecular flexibility index (Phi) is 4.92. The summed E-state index contributed by atoms with van der Waals surface area (Å²) in [6.45, 7) is 15.5. The zero-order valence-electron chi connectivity index (χ0n) is 13.7. The van der Waals surface area contributed by atoms with Gasteiger partial charge >= 0.3 is 0 Å². The molecule has 20 heavy (non-hydrogen) atoms. The Morgan fingerprint density at radius 2 is 2.00 bits per heavy atom. The highest BCUT2D eigenvalue weighted by molar-refractivity contribution is 5.07. The number of rotatable bonds is 5. The summed E-state index contributed by atoms with van der Waals surface area (Å²) in [4.78, 5) is 2.52. The van der Waals surface area contributed by atoms with Crippen LogP contribution in [0.5, 0.6) is 0 Å². The molecule has 0 aromatic carbocycles. The molecule has 114 valence electrons. The summed E-state index contributed by atoms with van der Waals surface area (Å²) < 4.78 is 5.91. The third kappa shape index (κ3) is 4.35. The Morgan fingerprint density at radius 1 is 1.30 bits per heavy atom. The molecule has 3 heteroatoms. The minimum atomic E-state index is 0.421. The fourth-order valence-corrected chi connectivity index (χ4v) is 2.81. The molecule has 2 rings (SSSR count). The van der Waals surface area contributed by atoms with E-state index in [1.54, 1.807) is 0 Å². The third-order valence-corrected chi connectivity index (χ3v) is 4.28. The van der Waals surface area contributed by atoms with Gasteiger partial charge < -0.3 is 9.73 Å². The highest BCUT2D eigenvalue weighted by Gasteiger charge is 2.31. The van der Waals surface area contributed by atoms with E-state index in [0.717, 1.165) is 30.5 Å². The van der Waals surface area contributed by atoms with Crippen molar-refractivity contribution in [2.24, 2.45) is 11.3 Å². The molecule has 1 aromatic rings. The molecule has 2 heterocycles. The van der Waals surface area contributed by atoms with Gasteiger partial charge in [0.2, 0.25) is 0 Å². The van der Waals surface area contributed by atoms with Crippen LogP contribution in [0, 0.1) is 11.3 Å². The smallest absolute Gasteiger partial charge is 0.118 e. The molecule has 1 N–H and O–H groups in total. The number of furan rings is 1. The average Bonchev–Trinajstić information content (AvgIpc) is 2.95. The molecule has 3 nitrogen and oxygen atoms in total. The molecule has 0 saturated carbocycles. The van der Waals surface area contributed by atoms with E-state index in [9.17, 15) is 0 Å². The van der Waals surface area contributed by atoms with Crippen molar-refractivity contribution in [2.75, 3.05) is 13.1 Å². The first-order valence-electron chi connectivity index (χ1n) is 7.88. The van der Waals surface area contributed by atoms with Crippen molar-refractivity contribution >= 4 is 0 Å². The number of likely N-dealkylation sites (tertiary alicyclic amines) is 1. The molecule has 1 aliphatic rings. The molecule has 1 aromatic heterocycles. The van der Waals surface area contributed by atoms with Crippen molar-refractivity contribution in [1.29, 1.82) is 0 Å². The van der Waals surface area contributed by atoms with Crippen LogP contribution in [-0.4, -0.2) is 24.0 Å². The predicted octanol–water partition coefficient (Wildman–Crippen LogP) is 3.65. The maximum absolute atomic E-state index is 5.91. The predicted molar refractivity (Wildman–Crippen MR) is 83.5 cm³/mol. The van der Waals surface area contributed by atoms with E-state index >= 15 is 0 Å². The fourth-order valence-electron chi connectivity index (χ4n) is 2.81. The lowest BCUT2D eigenvalue weighted by atomic mass is 9.80. The van der Waals surface area contributed by atoms with Crippen molar-refractivity contribution in [3.63, 3.8) is 0 Å². The maximum atomic E-state index is 5.91. The Balaban J connectivity index is 1.83. The molecular weight excluding hydrogens is 248 g/mol. The van der Waals surface area contributed by atoms with Gasteiger partial charge in [-0.1, -0.05) is 34.6 Å². The van der Waals surface area contributed by atoms with E-state index in [-0.39, 0.29) is 0 Å². The normalized spacial score (nSPS) is 21.0. The van der Waals surface area contributed by atoms with Crippen molar-refractivity contribution in [1.82, 2.24) is 10.2 Å². The Bertz CT molecular complexity index is 417. The summed E-state index contributed by atoms with van der Waals surface area (Å²) in [5.41, 5.74) is 0.421. The maximum Gasteiger partial charge on any atom is 0.118 e. The summed E-state index contributed by atoms with van der Waals surface area (Å²) in [5.74, 6) is 2.94. The zero-order chi connectivity index (χ0) is 14.8. The molecule has 0 bridgehead atoms. The van der Waals surface area contributed by atoms with Crippen LogP contribution in [0.2, 0.25) is 0 Å². The quantitative estimate of drug-likeness (QED) is 0.891.